The maximum Gasteiger partial charge on any atom is 0.0865 e. The molecule has 0 aliphatic rings. The van der Waals surface area contributed by atoms with Crippen LogP contribution < -0.4 is 4.90 Å². The lowest BCUT2D eigenvalue weighted by Crippen LogP contribution is -2.24. The van der Waals surface area contributed by atoms with Crippen molar-refractivity contribution in [2.24, 2.45) is 7.05 Å². The van der Waals surface area contributed by atoms with Gasteiger partial charge in [0.25, 0.3) is 0 Å². The first-order valence-electron chi connectivity index (χ1n) is 5.25. The van der Waals surface area contributed by atoms with Crippen molar-refractivity contribution in [3.8, 4) is 0 Å². The van der Waals surface area contributed by atoms with Crippen LogP contribution in [0.2, 0.25) is 0 Å². The van der Waals surface area contributed by atoms with Crippen LogP contribution in [0, 0.1) is 0 Å². The molecule has 1 aromatic heterocycles. The molecule has 1 rings (SSSR count). The van der Waals surface area contributed by atoms with Gasteiger partial charge in [-0.15, -0.1) is 0 Å². The zero-order valence-corrected chi connectivity index (χ0v) is 10.8. The summed E-state index contributed by atoms with van der Waals surface area (Å²) in [6.45, 7) is 6.73. The average Bonchev–Trinajstić information content (AvgIpc) is 2.47. The molecule has 0 atom stereocenters. The lowest BCUT2D eigenvalue weighted by molar-refractivity contribution is 0.743. The topological polar surface area (TPSA) is 8.17 Å². The monoisotopic (exact) mass is 258 g/mol. The lowest BCUT2D eigenvalue weighted by atomic mass is 10.3. The molecule has 0 amide bonds. The first-order valence-corrected chi connectivity index (χ1v) is 6.05. The van der Waals surface area contributed by atoms with Crippen LogP contribution in [0.15, 0.2) is 16.9 Å². The summed E-state index contributed by atoms with van der Waals surface area (Å²) < 4.78 is 3.25. The standard InChI is InChI=1S/C11H19BrN2/c1-4-6-14(7-5-2)10-8-11(12)13(3)9-10/h8-9H,4-7H2,1-3H3. The van der Waals surface area contributed by atoms with Crippen molar-refractivity contribution < 1.29 is 0 Å². The van der Waals surface area contributed by atoms with E-state index in [0.717, 1.165) is 17.7 Å². The van der Waals surface area contributed by atoms with Crippen LogP contribution >= 0.6 is 15.9 Å². The maximum absolute atomic E-state index is 3.52. The van der Waals surface area contributed by atoms with Crippen molar-refractivity contribution in [1.82, 2.24) is 4.57 Å². The highest BCUT2D eigenvalue weighted by molar-refractivity contribution is 9.10. The summed E-state index contributed by atoms with van der Waals surface area (Å²) in [5, 5.41) is 0. The van der Waals surface area contributed by atoms with Gasteiger partial charge in [0.05, 0.1) is 10.3 Å². The zero-order chi connectivity index (χ0) is 10.6. The highest BCUT2D eigenvalue weighted by atomic mass is 79.9. The van der Waals surface area contributed by atoms with Crippen LogP contribution in [-0.2, 0) is 7.05 Å². The third-order valence-corrected chi connectivity index (χ3v) is 3.07. The minimum atomic E-state index is 1.14. The molecular weight excluding hydrogens is 240 g/mol. The second-order valence-electron chi connectivity index (χ2n) is 3.62. The first kappa shape index (κ1) is 11.6. The van der Waals surface area contributed by atoms with Gasteiger partial charge in [0.15, 0.2) is 0 Å². The highest BCUT2D eigenvalue weighted by Crippen LogP contribution is 2.22. The van der Waals surface area contributed by atoms with Crippen LogP contribution in [-0.4, -0.2) is 17.7 Å². The Morgan fingerprint density at radius 2 is 1.86 bits per heavy atom. The Balaban J connectivity index is 2.76. The molecule has 0 saturated carbocycles. The van der Waals surface area contributed by atoms with Crippen molar-refractivity contribution >= 4 is 21.6 Å². The molecule has 0 bridgehead atoms. The molecular formula is C11H19BrN2. The van der Waals surface area contributed by atoms with Gasteiger partial charge in [-0.05, 0) is 34.8 Å². The van der Waals surface area contributed by atoms with E-state index in [1.807, 2.05) is 0 Å². The predicted octanol–water partition coefficient (Wildman–Crippen LogP) is 3.41. The fourth-order valence-corrected chi connectivity index (χ4v) is 1.94. The molecule has 0 spiro atoms. The van der Waals surface area contributed by atoms with E-state index >= 15 is 0 Å². The number of aryl methyl sites for hydroxylation is 1. The fraction of sp³-hybridized carbons (Fsp3) is 0.636. The molecule has 80 valence electrons. The Kier molecular flexibility index (Phi) is 4.52. The summed E-state index contributed by atoms with van der Waals surface area (Å²) in [5.74, 6) is 0. The van der Waals surface area contributed by atoms with E-state index in [0.29, 0.717) is 0 Å². The van der Waals surface area contributed by atoms with Gasteiger partial charge in [0, 0.05) is 26.3 Å². The van der Waals surface area contributed by atoms with Gasteiger partial charge in [-0.2, -0.15) is 0 Å². The van der Waals surface area contributed by atoms with Crippen molar-refractivity contribution in [3.05, 3.63) is 16.9 Å². The lowest BCUT2D eigenvalue weighted by Gasteiger charge is -2.21. The molecule has 1 aromatic rings. The van der Waals surface area contributed by atoms with Gasteiger partial charge in [0.1, 0.15) is 0 Å². The Bertz CT molecular complexity index is 255. The number of hydrogen-bond acceptors (Lipinski definition) is 1. The Labute approximate surface area is 95.0 Å². The van der Waals surface area contributed by atoms with Crippen LogP contribution in [0.1, 0.15) is 26.7 Å². The van der Waals surface area contributed by atoms with E-state index < -0.39 is 0 Å². The first-order chi connectivity index (χ1) is 6.69. The Morgan fingerprint density at radius 3 is 2.21 bits per heavy atom. The van der Waals surface area contributed by atoms with Crippen molar-refractivity contribution in [2.75, 3.05) is 18.0 Å². The predicted molar refractivity (Wildman–Crippen MR) is 65.9 cm³/mol. The second kappa shape index (κ2) is 5.44. The summed E-state index contributed by atoms with van der Waals surface area (Å²) in [7, 11) is 2.06. The molecule has 0 unspecified atom stereocenters. The molecule has 14 heavy (non-hydrogen) atoms. The summed E-state index contributed by atoms with van der Waals surface area (Å²) in [4.78, 5) is 2.44. The zero-order valence-electron chi connectivity index (χ0n) is 9.26. The molecule has 0 saturated heterocycles. The minimum Gasteiger partial charge on any atom is -0.370 e. The quantitative estimate of drug-likeness (QED) is 0.786. The molecule has 2 nitrogen and oxygen atoms in total. The van der Waals surface area contributed by atoms with Gasteiger partial charge in [-0.25, -0.2) is 0 Å². The van der Waals surface area contributed by atoms with E-state index in [9.17, 15) is 0 Å². The third kappa shape index (κ3) is 2.77. The normalized spacial score (nSPS) is 10.6. The van der Waals surface area contributed by atoms with Crippen LogP contribution in [0.5, 0.6) is 0 Å². The van der Waals surface area contributed by atoms with Gasteiger partial charge < -0.3 is 9.47 Å². The number of nitrogens with zero attached hydrogens (tertiary/aromatic N) is 2. The Hall–Kier alpha value is -0.440. The van der Waals surface area contributed by atoms with Crippen LogP contribution in [0.3, 0.4) is 0 Å². The van der Waals surface area contributed by atoms with Crippen LogP contribution in [0.4, 0.5) is 5.69 Å². The van der Waals surface area contributed by atoms with E-state index in [1.54, 1.807) is 0 Å². The number of hydrogen-bond donors (Lipinski definition) is 0. The summed E-state index contributed by atoms with van der Waals surface area (Å²) in [5.41, 5.74) is 1.32. The van der Waals surface area contributed by atoms with Gasteiger partial charge in [-0.1, -0.05) is 13.8 Å². The summed E-state index contributed by atoms with van der Waals surface area (Å²) in [6, 6.07) is 2.19. The molecule has 1 heterocycles. The molecule has 3 heteroatoms. The number of halogens is 1. The second-order valence-corrected chi connectivity index (χ2v) is 4.43. The van der Waals surface area contributed by atoms with E-state index in [1.165, 1.54) is 18.5 Å². The van der Waals surface area contributed by atoms with Gasteiger partial charge >= 0.3 is 0 Å². The van der Waals surface area contributed by atoms with E-state index in [4.69, 9.17) is 0 Å². The third-order valence-electron chi connectivity index (χ3n) is 2.28. The maximum atomic E-state index is 3.52. The number of anilines is 1. The molecule has 0 aromatic carbocycles. The SMILES string of the molecule is CCCN(CCC)c1cc(Br)n(C)c1. The molecule has 0 N–H and O–H groups in total. The number of aromatic nitrogens is 1. The van der Waals surface area contributed by atoms with E-state index in [2.05, 4.69) is 58.6 Å². The molecule has 0 aliphatic heterocycles. The molecule has 0 aliphatic carbocycles. The summed E-state index contributed by atoms with van der Waals surface area (Å²) >= 11 is 3.52. The molecule has 0 radical (unpaired) electrons. The van der Waals surface area contributed by atoms with Gasteiger partial charge in [0.2, 0.25) is 0 Å². The largest absolute Gasteiger partial charge is 0.370 e. The Morgan fingerprint density at radius 1 is 1.29 bits per heavy atom. The average molecular weight is 259 g/mol. The summed E-state index contributed by atoms with van der Waals surface area (Å²) in [6.07, 6.45) is 4.58. The van der Waals surface area contributed by atoms with Crippen molar-refractivity contribution in [1.29, 1.82) is 0 Å². The smallest absolute Gasteiger partial charge is 0.0865 e. The fourth-order valence-electron chi connectivity index (χ4n) is 1.60. The minimum absolute atomic E-state index is 1.14. The molecule has 0 fully saturated rings. The highest BCUT2D eigenvalue weighted by Gasteiger charge is 2.07. The van der Waals surface area contributed by atoms with Gasteiger partial charge in [-0.3, -0.25) is 0 Å². The number of rotatable bonds is 5. The van der Waals surface area contributed by atoms with Crippen molar-refractivity contribution in [2.45, 2.75) is 26.7 Å². The van der Waals surface area contributed by atoms with Crippen LogP contribution in [0.25, 0.3) is 0 Å². The van der Waals surface area contributed by atoms with E-state index in [-0.39, 0.29) is 0 Å². The van der Waals surface area contributed by atoms with Crippen molar-refractivity contribution in [3.63, 3.8) is 0 Å².